The molecule has 1 amide bonds. The Morgan fingerprint density at radius 2 is 1.76 bits per heavy atom. The highest BCUT2D eigenvalue weighted by Crippen LogP contribution is 2.32. The van der Waals surface area contributed by atoms with Gasteiger partial charge >= 0.3 is 0 Å². The SMILES string of the molecule is COc1ccc(S(=O)(=O)N[C@H](Cc2ccccc2)C(=O)Nc2ccc3c(c2)OCCO3)cc1Cl. The van der Waals surface area contributed by atoms with Gasteiger partial charge in [0, 0.05) is 11.8 Å². The van der Waals surface area contributed by atoms with E-state index in [1.165, 1.54) is 25.3 Å². The molecule has 0 bridgehead atoms. The van der Waals surface area contributed by atoms with Crippen LogP contribution >= 0.6 is 11.6 Å². The average molecular weight is 503 g/mol. The minimum Gasteiger partial charge on any atom is -0.495 e. The molecule has 10 heteroatoms. The van der Waals surface area contributed by atoms with Crippen LogP contribution < -0.4 is 24.2 Å². The lowest BCUT2D eigenvalue weighted by atomic mass is 10.1. The zero-order valence-corrected chi connectivity index (χ0v) is 19.9. The standard InChI is InChI=1S/C24H23ClN2O6S/c1-31-21-10-8-18(15-19(21)25)34(29,30)27-20(13-16-5-3-2-4-6-16)24(28)26-17-7-9-22-23(14-17)33-12-11-32-22/h2-10,14-15,20,27H,11-13H2,1H3,(H,26,28)/t20-/m1/s1. The fourth-order valence-electron chi connectivity index (χ4n) is 3.46. The summed E-state index contributed by atoms with van der Waals surface area (Å²) in [6, 6.07) is 17.1. The van der Waals surface area contributed by atoms with Crippen LogP contribution in [0.3, 0.4) is 0 Å². The first kappa shape index (κ1) is 23.9. The van der Waals surface area contributed by atoms with Gasteiger partial charge in [-0.3, -0.25) is 4.79 Å². The third-order valence-corrected chi connectivity index (χ3v) is 6.90. The molecule has 0 saturated heterocycles. The van der Waals surface area contributed by atoms with Crippen LogP contribution in [0.1, 0.15) is 5.56 Å². The van der Waals surface area contributed by atoms with E-state index < -0.39 is 22.0 Å². The number of carbonyl (C=O) groups excluding carboxylic acids is 1. The van der Waals surface area contributed by atoms with Gasteiger partial charge in [0.1, 0.15) is 25.0 Å². The Bertz CT molecular complexity index is 1280. The van der Waals surface area contributed by atoms with Gasteiger partial charge in [0.25, 0.3) is 0 Å². The van der Waals surface area contributed by atoms with Crippen molar-refractivity contribution in [3.05, 3.63) is 77.3 Å². The summed E-state index contributed by atoms with van der Waals surface area (Å²) < 4.78 is 44.9. The van der Waals surface area contributed by atoms with Crippen LogP contribution in [0, 0.1) is 0 Å². The maximum atomic E-state index is 13.2. The topological polar surface area (TPSA) is 103 Å². The third-order valence-electron chi connectivity index (χ3n) is 5.14. The third kappa shape index (κ3) is 5.61. The maximum absolute atomic E-state index is 13.2. The van der Waals surface area contributed by atoms with Gasteiger partial charge in [-0.2, -0.15) is 4.72 Å². The minimum atomic E-state index is -4.07. The lowest BCUT2D eigenvalue weighted by molar-refractivity contribution is -0.117. The molecule has 1 aliphatic heterocycles. The van der Waals surface area contributed by atoms with Gasteiger partial charge in [-0.25, -0.2) is 8.42 Å². The molecule has 8 nitrogen and oxygen atoms in total. The van der Waals surface area contributed by atoms with E-state index in [2.05, 4.69) is 10.0 Å². The van der Waals surface area contributed by atoms with Gasteiger partial charge in [-0.1, -0.05) is 41.9 Å². The minimum absolute atomic E-state index is 0.0801. The van der Waals surface area contributed by atoms with E-state index in [0.29, 0.717) is 36.1 Å². The normalized spacial score (nSPS) is 13.7. The molecule has 0 unspecified atom stereocenters. The summed E-state index contributed by atoms with van der Waals surface area (Å²) in [4.78, 5) is 13.1. The number of sulfonamides is 1. The van der Waals surface area contributed by atoms with Crippen molar-refractivity contribution in [2.24, 2.45) is 0 Å². The summed E-state index contributed by atoms with van der Waals surface area (Å²) in [6.45, 7) is 0.861. The van der Waals surface area contributed by atoms with E-state index >= 15 is 0 Å². The van der Waals surface area contributed by atoms with Crippen LogP contribution in [0.15, 0.2) is 71.6 Å². The zero-order valence-electron chi connectivity index (χ0n) is 18.3. The molecule has 3 aromatic carbocycles. The first-order chi connectivity index (χ1) is 16.4. The van der Waals surface area contributed by atoms with Crippen LogP contribution in [0.4, 0.5) is 5.69 Å². The molecule has 2 N–H and O–H groups in total. The van der Waals surface area contributed by atoms with Crippen LogP contribution in [-0.2, 0) is 21.2 Å². The first-order valence-electron chi connectivity index (χ1n) is 10.5. The Morgan fingerprint density at radius 3 is 2.47 bits per heavy atom. The number of benzene rings is 3. The Labute approximate surface area is 202 Å². The van der Waals surface area contributed by atoms with Crippen molar-refractivity contribution in [3.63, 3.8) is 0 Å². The van der Waals surface area contributed by atoms with E-state index in [9.17, 15) is 13.2 Å². The number of amides is 1. The Kier molecular flexibility index (Phi) is 7.26. The number of anilines is 1. The largest absolute Gasteiger partial charge is 0.495 e. The van der Waals surface area contributed by atoms with Gasteiger partial charge in [0.05, 0.1) is 17.0 Å². The summed E-state index contributed by atoms with van der Waals surface area (Å²) in [6.07, 6.45) is 0.139. The van der Waals surface area contributed by atoms with E-state index in [4.69, 9.17) is 25.8 Å². The number of hydrogen-bond donors (Lipinski definition) is 2. The fraction of sp³-hybridized carbons (Fsp3) is 0.208. The summed E-state index contributed by atoms with van der Waals surface area (Å²) in [5, 5.41) is 2.91. The van der Waals surface area contributed by atoms with E-state index in [1.54, 1.807) is 18.2 Å². The van der Waals surface area contributed by atoms with Crippen molar-refractivity contribution in [3.8, 4) is 17.2 Å². The van der Waals surface area contributed by atoms with Crippen LogP contribution in [0.2, 0.25) is 5.02 Å². The zero-order chi connectivity index (χ0) is 24.1. The average Bonchev–Trinajstić information content (AvgIpc) is 2.84. The van der Waals surface area contributed by atoms with E-state index in [0.717, 1.165) is 5.56 Å². The Morgan fingerprint density at radius 1 is 1.03 bits per heavy atom. The van der Waals surface area contributed by atoms with Gasteiger partial charge in [0.2, 0.25) is 15.9 Å². The smallest absolute Gasteiger partial charge is 0.242 e. The van der Waals surface area contributed by atoms with E-state index in [1.807, 2.05) is 30.3 Å². The molecule has 0 saturated carbocycles. The highest BCUT2D eigenvalue weighted by atomic mass is 35.5. The first-order valence-corrected chi connectivity index (χ1v) is 12.3. The molecule has 178 valence electrons. The predicted octanol–water partition coefficient (Wildman–Crippen LogP) is 3.65. The van der Waals surface area contributed by atoms with Crippen molar-refractivity contribution in [1.82, 2.24) is 4.72 Å². The number of hydrogen-bond acceptors (Lipinski definition) is 6. The second kappa shape index (κ2) is 10.3. The molecule has 1 heterocycles. The number of fused-ring (bicyclic) bond motifs is 1. The Balaban J connectivity index is 1.58. The van der Waals surface area contributed by atoms with Gasteiger partial charge in [-0.15, -0.1) is 0 Å². The highest BCUT2D eigenvalue weighted by molar-refractivity contribution is 7.89. The van der Waals surface area contributed by atoms with E-state index in [-0.39, 0.29) is 16.3 Å². The molecule has 1 atom stereocenters. The lowest BCUT2D eigenvalue weighted by Gasteiger charge is -2.21. The molecule has 0 fully saturated rings. The summed E-state index contributed by atoms with van der Waals surface area (Å²) in [5.41, 5.74) is 1.25. The van der Waals surface area contributed by atoms with Crippen molar-refractivity contribution in [2.75, 3.05) is 25.6 Å². The summed E-state index contributed by atoms with van der Waals surface area (Å²) >= 11 is 6.11. The molecule has 0 spiro atoms. The van der Waals surface area contributed by atoms with Gasteiger partial charge in [0.15, 0.2) is 11.5 Å². The number of rotatable bonds is 8. The molecule has 0 aromatic heterocycles. The molecule has 0 radical (unpaired) electrons. The monoisotopic (exact) mass is 502 g/mol. The highest BCUT2D eigenvalue weighted by Gasteiger charge is 2.27. The van der Waals surface area contributed by atoms with Gasteiger partial charge < -0.3 is 19.5 Å². The van der Waals surface area contributed by atoms with Crippen molar-refractivity contribution < 1.29 is 27.4 Å². The predicted molar refractivity (Wildman–Crippen MR) is 128 cm³/mol. The van der Waals surface area contributed by atoms with Crippen LogP contribution in [0.25, 0.3) is 0 Å². The molecule has 3 aromatic rings. The van der Waals surface area contributed by atoms with Crippen molar-refractivity contribution >= 4 is 33.2 Å². The maximum Gasteiger partial charge on any atom is 0.242 e. The second-order valence-electron chi connectivity index (χ2n) is 7.51. The summed E-state index contributed by atoms with van der Waals surface area (Å²) in [5.74, 6) is 0.917. The Hall–Kier alpha value is -3.27. The number of carbonyl (C=O) groups is 1. The van der Waals surface area contributed by atoms with Crippen LogP contribution in [-0.4, -0.2) is 40.7 Å². The summed E-state index contributed by atoms with van der Waals surface area (Å²) in [7, 11) is -2.64. The molecule has 34 heavy (non-hydrogen) atoms. The van der Waals surface area contributed by atoms with Crippen LogP contribution in [0.5, 0.6) is 17.2 Å². The second-order valence-corrected chi connectivity index (χ2v) is 9.63. The number of nitrogens with one attached hydrogen (secondary N) is 2. The molecule has 4 rings (SSSR count). The van der Waals surface area contributed by atoms with Crippen molar-refractivity contribution in [1.29, 1.82) is 0 Å². The molecular weight excluding hydrogens is 480 g/mol. The molecule has 0 aliphatic carbocycles. The number of ether oxygens (including phenoxy) is 3. The number of halogens is 1. The quantitative estimate of drug-likeness (QED) is 0.487. The molecule has 1 aliphatic rings. The van der Waals surface area contributed by atoms with Crippen molar-refractivity contribution in [2.45, 2.75) is 17.4 Å². The van der Waals surface area contributed by atoms with Gasteiger partial charge in [-0.05, 0) is 42.3 Å². The molecular formula is C24H23ClN2O6S. The fourth-order valence-corrected chi connectivity index (χ4v) is 5.00. The lowest BCUT2D eigenvalue weighted by Crippen LogP contribution is -2.45. The number of methoxy groups -OCH3 is 1.